The lowest BCUT2D eigenvalue weighted by Gasteiger charge is -2.25. The fraction of sp³-hybridized carbons (Fsp3) is 0.231. The molecule has 0 aliphatic carbocycles. The first-order valence-corrected chi connectivity index (χ1v) is 12.2. The van der Waals surface area contributed by atoms with Crippen molar-refractivity contribution in [3.05, 3.63) is 89.6 Å². The van der Waals surface area contributed by atoms with Crippen molar-refractivity contribution in [1.82, 2.24) is 4.57 Å². The van der Waals surface area contributed by atoms with Crippen molar-refractivity contribution in [2.75, 3.05) is 13.7 Å². The van der Waals surface area contributed by atoms with E-state index in [-0.39, 0.29) is 29.2 Å². The number of fused-ring (bicyclic) bond motifs is 1. The second kappa shape index (κ2) is 10.5. The maximum atomic E-state index is 13.7. The number of hydrogen-bond acceptors (Lipinski definition) is 8. The Bertz CT molecular complexity index is 1570. The van der Waals surface area contributed by atoms with E-state index in [1.165, 1.54) is 29.9 Å². The normalized spacial score (nSPS) is 15.2. The van der Waals surface area contributed by atoms with Crippen LogP contribution in [0.5, 0.6) is 11.5 Å². The number of carbonyl (C=O) groups excluding carboxylic acids is 2. The molecule has 1 aliphatic heterocycles. The third kappa shape index (κ3) is 4.98. The number of rotatable bonds is 6. The first kappa shape index (κ1) is 25.4. The van der Waals surface area contributed by atoms with Gasteiger partial charge in [-0.25, -0.2) is 9.79 Å². The van der Waals surface area contributed by atoms with E-state index in [1.807, 2.05) is 6.07 Å². The van der Waals surface area contributed by atoms with Gasteiger partial charge in [0.25, 0.3) is 5.56 Å². The largest absolute Gasteiger partial charge is 0.493 e. The fourth-order valence-corrected chi connectivity index (χ4v) is 5.19. The predicted molar refractivity (Wildman–Crippen MR) is 136 cm³/mol. The topological polar surface area (TPSA) is 96.2 Å². The smallest absolute Gasteiger partial charge is 0.338 e. The predicted octanol–water partition coefficient (Wildman–Crippen LogP) is 3.39. The molecule has 1 aromatic heterocycles. The summed E-state index contributed by atoms with van der Waals surface area (Å²) in [4.78, 5) is 43.2. The van der Waals surface area contributed by atoms with Gasteiger partial charge in [-0.3, -0.25) is 14.2 Å². The van der Waals surface area contributed by atoms with Crippen LogP contribution >= 0.6 is 22.9 Å². The molecule has 0 fully saturated rings. The lowest BCUT2D eigenvalue weighted by molar-refractivity contribution is -0.139. The molecule has 3 aromatic rings. The lowest BCUT2D eigenvalue weighted by Crippen LogP contribution is -2.40. The van der Waals surface area contributed by atoms with Gasteiger partial charge in [0.05, 0.1) is 35.6 Å². The van der Waals surface area contributed by atoms with E-state index in [4.69, 9.17) is 25.8 Å². The number of methoxy groups -OCH3 is 1. The highest BCUT2D eigenvalue weighted by molar-refractivity contribution is 7.07. The highest BCUT2D eigenvalue weighted by atomic mass is 35.5. The molecule has 8 nitrogen and oxygen atoms in total. The maximum absolute atomic E-state index is 13.7. The summed E-state index contributed by atoms with van der Waals surface area (Å²) in [5, 5.41) is 0.551. The van der Waals surface area contributed by atoms with Crippen LogP contribution in [0, 0.1) is 0 Å². The Morgan fingerprint density at radius 3 is 2.64 bits per heavy atom. The summed E-state index contributed by atoms with van der Waals surface area (Å²) in [6.07, 6.45) is 1.74. The van der Waals surface area contributed by atoms with E-state index in [2.05, 4.69) is 4.99 Å². The minimum Gasteiger partial charge on any atom is -0.493 e. The molecule has 1 aliphatic rings. The third-order valence-corrected chi connectivity index (χ3v) is 6.64. The van der Waals surface area contributed by atoms with Crippen molar-refractivity contribution in [2.45, 2.75) is 26.8 Å². The molecule has 0 saturated carbocycles. The Labute approximate surface area is 215 Å². The standard InChI is InChI=1S/C26H23ClN2O6S/c1-5-34-25(32)22-14(2)28-26-29(24(31)21(36-26)12-16-7-6-8-18(27)11-16)23(22)17-9-10-19(35-15(3)30)20(13-17)33-4/h6-13,23H,5H2,1-4H3/b21-12-. The van der Waals surface area contributed by atoms with Crippen LogP contribution in [0.3, 0.4) is 0 Å². The van der Waals surface area contributed by atoms with Gasteiger partial charge in [-0.05, 0) is 55.3 Å². The Kier molecular flexibility index (Phi) is 7.42. The summed E-state index contributed by atoms with van der Waals surface area (Å²) in [6.45, 7) is 4.87. The Hall–Kier alpha value is -3.69. The van der Waals surface area contributed by atoms with E-state index in [9.17, 15) is 14.4 Å². The molecule has 0 saturated heterocycles. The van der Waals surface area contributed by atoms with Gasteiger partial charge in [-0.2, -0.15) is 0 Å². The van der Waals surface area contributed by atoms with Crippen LogP contribution in [0.1, 0.15) is 37.9 Å². The van der Waals surface area contributed by atoms with Gasteiger partial charge >= 0.3 is 11.9 Å². The number of thiazole rings is 1. The van der Waals surface area contributed by atoms with Crippen LogP contribution in [-0.4, -0.2) is 30.2 Å². The summed E-state index contributed by atoms with van der Waals surface area (Å²) in [7, 11) is 1.44. The van der Waals surface area contributed by atoms with Crippen molar-refractivity contribution in [1.29, 1.82) is 0 Å². The molecule has 1 atom stereocenters. The van der Waals surface area contributed by atoms with Crippen molar-refractivity contribution >= 4 is 41.0 Å². The molecule has 1 unspecified atom stereocenters. The Morgan fingerprint density at radius 1 is 1.19 bits per heavy atom. The van der Waals surface area contributed by atoms with Gasteiger partial charge in [0.1, 0.15) is 0 Å². The zero-order valence-corrected chi connectivity index (χ0v) is 21.6. The average Bonchev–Trinajstić information content (AvgIpc) is 3.12. The lowest BCUT2D eigenvalue weighted by atomic mass is 9.95. The van der Waals surface area contributed by atoms with Crippen LogP contribution < -0.4 is 24.4 Å². The number of ether oxygens (including phenoxy) is 3. The van der Waals surface area contributed by atoms with Crippen LogP contribution in [0.25, 0.3) is 6.08 Å². The molecule has 10 heteroatoms. The molecule has 0 spiro atoms. The van der Waals surface area contributed by atoms with Crippen molar-refractivity contribution < 1.29 is 23.8 Å². The number of benzene rings is 2. The summed E-state index contributed by atoms with van der Waals surface area (Å²) < 4.78 is 17.9. The van der Waals surface area contributed by atoms with Gasteiger partial charge < -0.3 is 14.2 Å². The van der Waals surface area contributed by atoms with E-state index < -0.39 is 18.0 Å². The molecule has 2 aromatic carbocycles. The fourth-order valence-electron chi connectivity index (χ4n) is 3.95. The van der Waals surface area contributed by atoms with Crippen molar-refractivity contribution in [3.8, 4) is 11.5 Å². The van der Waals surface area contributed by atoms with E-state index in [0.29, 0.717) is 25.6 Å². The van der Waals surface area contributed by atoms with Crippen molar-refractivity contribution in [2.24, 2.45) is 4.99 Å². The Balaban J connectivity index is 1.95. The number of carbonyl (C=O) groups is 2. The maximum Gasteiger partial charge on any atom is 0.338 e. The quantitative estimate of drug-likeness (QED) is 0.361. The molecular weight excluding hydrogens is 504 g/mol. The first-order valence-electron chi connectivity index (χ1n) is 11.0. The second-order valence-electron chi connectivity index (χ2n) is 7.86. The molecule has 0 radical (unpaired) electrons. The zero-order valence-electron chi connectivity index (χ0n) is 20.0. The third-order valence-electron chi connectivity index (χ3n) is 5.42. The van der Waals surface area contributed by atoms with Crippen LogP contribution in [0.4, 0.5) is 0 Å². The van der Waals surface area contributed by atoms with Gasteiger partial charge in [0, 0.05) is 11.9 Å². The summed E-state index contributed by atoms with van der Waals surface area (Å²) in [5.74, 6) is -0.573. The summed E-state index contributed by atoms with van der Waals surface area (Å²) >= 11 is 7.32. The van der Waals surface area contributed by atoms with Gasteiger partial charge in [-0.1, -0.05) is 41.1 Å². The highest BCUT2D eigenvalue weighted by Gasteiger charge is 2.34. The average molecular weight is 527 g/mol. The first-order chi connectivity index (χ1) is 17.2. The number of nitrogens with zero attached hydrogens (tertiary/aromatic N) is 2. The summed E-state index contributed by atoms with van der Waals surface area (Å²) in [6, 6.07) is 11.2. The minimum atomic E-state index is -0.831. The van der Waals surface area contributed by atoms with Crippen molar-refractivity contribution in [3.63, 3.8) is 0 Å². The molecule has 0 amide bonds. The SMILES string of the molecule is CCOC(=O)C1=C(C)N=c2s/c(=C\c3cccc(Cl)c3)c(=O)n2C1c1ccc(OC(C)=O)c(OC)c1. The van der Waals surface area contributed by atoms with Gasteiger partial charge in [0.15, 0.2) is 16.3 Å². The Morgan fingerprint density at radius 2 is 1.97 bits per heavy atom. The number of esters is 2. The van der Waals surface area contributed by atoms with Gasteiger partial charge in [-0.15, -0.1) is 0 Å². The van der Waals surface area contributed by atoms with Crippen LogP contribution in [0.15, 0.2) is 63.5 Å². The van der Waals surface area contributed by atoms with E-state index in [1.54, 1.807) is 56.3 Å². The molecule has 2 heterocycles. The molecule has 4 rings (SSSR count). The van der Waals surface area contributed by atoms with Crippen LogP contribution in [0.2, 0.25) is 5.02 Å². The molecule has 186 valence electrons. The monoisotopic (exact) mass is 526 g/mol. The number of allylic oxidation sites excluding steroid dienone is 1. The molecular formula is C26H23ClN2O6S. The molecule has 36 heavy (non-hydrogen) atoms. The number of aromatic nitrogens is 1. The van der Waals surface area contributed by atoms with E-state index in [0.717, 1.165) is 5.56 Å². The van der Waals surface area contributed by atoms with Crippen LogP contribution in [-0.2, 0) is 14.3 Å². The number of hydrogen-bond donors (Lipinski definition) is 0. The minimum absolute atomic E-state index is 0.163. The van der Waals surface area contributed by atoms with E-state index >= 15 is 0 Å². The summed E-state index contributed by atoms with van der Waals surface area (Å²) in [5.41, 5.74) is 1.69. The van der Waals surface area contributed by atoms with Gasteiger partial charge in [0.2, 0.25) is 0 Å². The second-order valence-corrected chi connectivity index (χ2v) is 9.31. The molecule has 0 N–H and O–H groups in total. The molecule has 0 bridgehead atoms. The highest BCUT2D eigenvalue weighted by Crippen LogP contribution is 2.36. The zero-order chi connectivity index (χ0) is 26.0. The number of halogens is 1.